The molecule has 0 amide bonds. The fourth-order valence-corrected chi connectivity index (χ4v) is 3.88. The Labute approximate surface area is 105 Å². The lowest BCUT2D eigenvalue weighted by Gasteiger charge is -2.21. The molecule has 100 valence electrons. The van der Waals surface area contributed by atoms with Gasteiger partial charge in [0.25, 0.3) is 10.0 Å². The van der Waals surface area contributed by atoms with Crippen LogP contribution in [0.25, 0.3) is 0 Å². The van der Waals surface area contributed by atoms with Crippen molar-refractivity contribution in [3.8, 4) is 0 Å². The predicted octanol–water partition coefficient (Wildman–Crippen LogP) is -0.254. The smallest absolute Gasteiger partial charge is 0.324 e. The summed E-state index contributed by atoms with van der Waals surface area (Å²) in [4.78, 5) is 11.6. The van der Waals surface area contributed by atoms with Gasteiger partial charge in [0, 0.05) is 13.6 Å². The minimum atomic E-state index is -3.70. The van der Waals surface area contributed by atoms with Crippen molar-refractivity contribution in [3.05, 3.63) is 12.3 Å². The van der Waals surface area contributed by atoms with Crippen LogP contribution in [-0.4, -0.2) is 48.2 Å². The van der Waals surface area contributed by atoms with Gasteiger partial charge in [-0.15, -0.1) is 0 Å². The van der Waals surface area contributed by atoms with Crippen molar-refractivity contribution in [1.29, 1.82) is 0 Å². The quantitative estimate of drug-likeness (QED) is 0.709. The molecule has 7 nitrogen and oxygen atoms in total. The molecule has 2 rings (SSSR count). The summed E-state index contributed by atoms with van der Waals surface area (Å²) >= 11 is 0. The minimum absolute atomic E-state index is 0.0818. The minimum Gasteiger partial charge on any atom is -0.468 e. The Morgan fingerprint density at radius 3 is 2.83 bits per heavy atom. The van der Waals surface area contributed by atoms with Crippen LogP contribution in [0.3, 0.4) is 0 Å². The molecule has 1 aliphatic heterocycles. The van der Waals surface area contributed by atoms with Crippen molar-refractivity contribution in [2.75, 3.05) is 13.7 Å². The molecule has 1 saturated heterocycles. The first-order valence-electron chi connectivity index (χ1n) is 5.56. The Kier molecular flexibility index (Phi) is 3.40. The van der Waals surface area contributed by atoms with Crippen molar-refractivity contribution < 1.29 is 17.9 Å². The number of nitrogens with zero attached hydrogens (tertiary/aromatic N) is 3. The second kappa shape index (κ2) is 4.69. The van der Waals surface area contributed by atoms with Crippen LogP contribution in [0.4, 0.5) is 0 Å². The van der Waals surface area contributed by atoms with E-state index in [-0.39, 0.29) is 5.03 Å². The van der Waals surface area contributed by atoms with Gasteiger partial charge in [-0.3, -0.25) is 9.48 Å². The number of methoxy groups -OCH3 is 1. The summed E-state index contributed by atoms with van der Waals surface area (Å²) in [6.07, 6.45) is 2.55. The summed E-state index contributed by atoms with van der Waals surface area (Å²) in [5, 5.41) is 3.92. The average molecular weight is 273 g/mol. The number of hydrogen-bond donors (Lipinski definition) is 0. The lowest BCUT2D eigenvalue weighted by molar-refractivity contribution is -0.144. The molecule has 1 unspecified atom stereocenters. The largest absolute Gasteiger partial charge is 0.468 e. The van der Waals surface area contributed by atoms with Gasteiger partial charge in [0.1, 0.15) is 6.04 Å². The van der Waals surface area contributed by atoms with E-state index in [2.05, 4.69) is 9.84 Å². The molecule has 0 aliphatic carbocycles. The van der Waals surface area contributed by atoms with Crippen LogP contribution >= 0.6 is 0 Å². The highest BCUT2D eigenvalue weighted by molar-refractivity contribution is 7.89. The SMILES string of the molecule is COC(=O)C1CCCN1S(=O)(=O)c1ccnn1C. The molecule has 2 heterocycles. The van der Waals surface area contributed by atoms with Crippen molar-refractivity contribution in [1.82, 2.24) is 14.1 Å². The fourth-order valence-electron chi connectivity index (χ4n) is 2.13. The van der Waals surface area contributed by atoms with Gasteiger partial charge in [0.05, 0.1) is 13.3 Å². The highest BCUT2D eigenvalue weighted by atomic mass is 32.2. The zero-order chi connectivity index (χ0) is 13.3. The summed E-state index contributed by atoms with van der Waals surface area (Å²) in [6.45, 7) is 0.327. The second-order valence-electron chi connectivity index (χ2n) is 4.09. The first kappa shape index (κ1) is 13.0. The molecular weight excluding hydrogens is 258 g/mol. The summed E-state index contributed by atoms with van der Waals surface area (Å²) in [7, 11) is -0.886. The van der Waals surface area contributed by atoms with Gasteiger partial charge in [-0.2, -0.15) is 9.40 Å². The maximum Gasteiger partial charge on any atom is 0.324 e. The third kappa shape index (κ3) is 2.01. The molecule has 1 aliphatic rings. The van der Waals surface area contributed by atoms with Crippen LogP contribution in [0.5, 0.6) is 0 Å². The molecule has 18 heavy (non-hydrogen) atoms. The molecule has 1 atom stereocenters. The molecule has 0 saturated carbocycles. The van der Waals surface area contributed by atoms with Gasteiger partial charge in [-0.25, -0.2) is 8.42 Å². The van der Waals surface area contributed by atoms with Gasteiger partial charge in [-0.1, -0.05) is 0 Å². The molecule has 8 heteroatoms. The van der Waals surface area contributed by atoms with Crippen LogP contribution in [0.1, 0.15) is 12.8 Å². The van der Waals surface area contributed by atoms with Gasteiger partial charge >= 0.3 is 5.97 Å². The van der Waals surface area contributed by atoms with Crippen LogP contribution in [0, 0.1) is 0 Å². The van der Waals surface area contributed by atoms with E-state index < -0.39 is 22.0 Å². The van der Waals surface area contributed by atoms with E-state index in [4.69, 9.17) is 0 Å². The number of sulfonamides is 1. The number of carbonyl (C=O) groups is 1. The average Bonchev–Trinajstić information content (AvgIpc) is 2.96. The molecule has 0 N–H and O–H groups in total. The number of aryl methyl sites for hydroxylation is 1. The summed E-state index contributed by atoms with van der Waals surface area (Å²) in [6, 6.07) is 0.692. The number of hydrogen-bond acceptors (Lipinski definition) is 5. The molecule has 0 aromatic carbocycles. The lowest BCUT2D eigenvalue weighted by Crippen LogP contribution is -2.41. The van der Waals surface area contributed by atoms with Gasteiger partial charge in [0.15, 0.2) is 5.03 Å². The standard InChI is InChI=1S/C10H15N3O4S/c1-12-9(5-6-11-12)18(15,16)13-7-3-4-8(13)10(14)17-2/h5-6,8H,3-4,7H2,1-2H3. The van der Waals surface area contributed by atoms with E-state index in [0.29, 0.717) is 19.4 Å². The molecule has 0 radical (unpaired) electrons. The van der Waals surface area contributed by atoms with Crippen LogP contribution in [0.15, 0.2) is 17.3 Å². The fraction of sp³-hybridized carbons (Fsp3) is 0.600. The summed E-state index contributed by atoms with van der Waals surface area (Å²) in [5.41, 5.74) is 0. The molecule has 1 fully saturated rings. The predicted molar refractivity (Wildman–Crippen MR) is 62.1 cm³/mol. The number of ether oxygens (including phenoxy) is 1. The van der Waals surface area contributed by atoms with E-state index in [1.807, 2.05) is 0 Å². The summed E-state index contributed by atoms with van der Waals surface area (Å²) < 4.78 is 31.9. The van der Waals surface area contributed by atoms with Crippen molar-refractivity contribution >= 4 is 16.0 Å². The molecule has 0 spiro atoms. The molecule has 0 bridgehead atoms. The third-order valence-electron chi connectivity index (χ3n) is 3.03. The molecule has 1 aromatic heterocycles. The Morgan fingerprint density at radius 2 is 2.28 bits per heavy atom. The van der Waals surface area contributed by atoms with Gasteiger partial charge in [0.2, 0.25) is 0 Å². The molecule has 1 aromatic rings. The number of rotatable bonds is 3. The third-order valence-corrected chi connectivity index (χ3v) is 5.01. The van der Waals surface area contributed by atoms with Gasteiger partial charge < -0.3 is 4.74 Å². The van der Waals surface area contributed by atoms with E-state index in [9.17, 15) is 13.2 Å². The van der Waals surface area contributed by atoms with Crippen molar-refractivity contribution in [2.24, 2.45) is 7.05 Å². The van der Waals surface area contributed by atoms with Crippen LogP contribution in [0.2, 0.25) is 0 Å². The first-order valence-corrected chi connectivity index (χ1v) is 7.00. The Morgan fingerprint density at radius 1 is 1.56 bits per heavy atom. The van der Waals surface area contributed by atoms with Crippen LogP contribution < -0.4 is 0 Å². The van der Waals surface area contributed by atoms with Gasteiger partial charge in [-0.05, 0) is 18.9 Å². The highest BCUT2D eigenvalue weighted by Crippen LogP contribution is 2.26. The van der Waals surface area contributed by atoms with Crippen molar-refractivity contribution in [2.45, 2.75) is 23.9 Å². The lowest BCUT2D eigenvalue weighted by atomic mass is 10.2. The summed E-state index contributed by atoms with van der Waals surface area (Å²) in [5.74, 6) is -0.516. The van der Waals surface area contributed by atoms with E-state index in [1.165, 1.54) is 28.4 Å². The number of aromatic nitrogens is 2. The van der Waals surface area contributed by atoms with Crippen LogP contribution in [-0.2, 0) is 26.6 Å². The first-order chi connectivity index (χ1) is 8.48. The van der Waals surface area contributed by atoms with Crippen molar-refractivity contribution in [3.63, 3.8) is 0 Å². The Hall–Kier alpha value is -1.41. The topological polar surface area (TPSA) is 81.5 Å². The monoisotopic (exact) mass is 273 g/mol. The zero-order valence-electron chi connectivity index (χ0n) is 10.2. The maximum absolute atomic E-state index is 12.4. The maximum atomic E-state index is 12.4. The normalized spacial score (nSPS) is 21.1. The number of carbonyl (C=O) groups excluding carboxylic acids is 1. The number of esters is 1. The van der Waals surface area contributed by atoms with E-state index >= 15 is 0 Å². The second-order valence-corrected chi connectivity index (χ2v) is 5.93. The van der Waals surface area contributed by atoms with E-state index in [0.717, 1.165) is 0 Å². The van der Waals surface area contributed by atoms with E-state index in [1.54, 1.807) is 7.05 Å². The Bertz CT molecular complexity index is 551. The highest BCUT2D eigenvalue weighted by Gasteiger charge is 2.41. The zero-order valence-corrected chi connectivity index (χ0v) is 11.1. The Balaban J connectivity index is 2.36. The molecular formula is C10H15N3O4S.